The fraction of sp³-hybridized carbons (Fsp3) is 0.261. The van der Waals surface area contributed by atoms with Gasteiger partial charge in [0.15, 0.2) is 6.10 Å². The van der Waals surface area contributed by atoms with Crippen LogP contribution in [0.1, 0.15) is 35.3 Å². The average molecular weight is 426 g/mol. The Morgan fingerprint density at radius 2 is 1.97 bits per heavy atom. The van der Waals surface area contributed by atoms with Crippen molar-refractivity contribution in [3.8, 4) is 5.75 Å². The van der Waals surface area contributed by atoms with Crippen LogP contribution >= 0.6 is 11.6 Å². The number of anilines is 1. The Labute approximate surface area is 179 Å². The minimum atomic E-state index is -0.956. The van der Waals surface area contributed by atoms with Gasteiger partial charge < -0.3 is 14.4 Å². The molecule has 0 bridgehead atoms. The lowest BCUT2D eigenvalue weighted by Crippen LogP contribution is -2.27. The van der Waals surface area contributed by atoms with Crippen LogP contribution in [-0.2, 0) is 20.7 Å². The number of rotatable bonds is 4. The smallest absolute Gasteiger partial charge is 0.338 e. The molecule has 0 aromatic heterocycles. The van der Waals surface area contributed by atoms with E-state index in [2.05, 4.69) is 0 Å². The summed E-state index contributed by atoms with van der Waals surface area (Å²) in [5, 5.41) is 0.534. The van der Waals surface area contributed by atoms with Gasteiger partial charge in [0.25, 0.3) is 0 Å². The number of Topliss-reactive ketones (excluding diaryl/α,β-unsaturated/α-hetero) is 1. The number of ether oxygens (including phenoxy) is 2. The fourth-order valence-corrected chi connectivity index (χ4v) is 3.85. The van der Waals surface area contributed by atoms with E-state index < -0.39 is 12.1 Å². The lowest BCUT2D eigenvalue weighted by molar-refractivity contribution is -0.142. The summed E-state index contributed by atoms with van der Waals surface area (Å²) in [6.45, 7) is 3.73. The molecule has 154 valence electrons. The van der Waals surface area contributed by atoms with Gasteiger partial charge in [0.05, 0.1) is 5.57 Å². The minimum Gasteiger partial charge on any atom is -0.488 e. The number of carbonyl (C=O) groups is 3. The molecule has 0 radical (unpaired) electrons. The molecular weight excluding hydrogens is 406 g/mol. The topological polar surface area (TPSA) is 72.9 Å². The Bertz CT molecular complexity index is 1090. The van der Waals surface area contributed by atoms with Crippen molar-refractivity contribution in [3.63, 3.8) is 0 Å². The third kappa shape index (κ3) is 3.83. The Hall–Kier alpha value is -3.12. The molecule has 0 saturated carbocycles. The molecule has 2 aromatic rings. The molecule has 1 amide bonds. The summed E-state index contributed by atoms with van der Waals surface area (Å²) in [7, 11) is 0. The summed E-state index contributed by atoms with van der Waals surface area (Å²) in [5.74, 6) is -0.294. The highest BCUT2D eigenvalue weighted by atomic mass is 35.5. The molecule has 0 aliphatic carbocycles. The molecule has 7 heteroatoms. The fourth-order valence-electron chi connectivity index (χ4n) is 3.67. The van der Waals surface area contributed by atoms with Crippen LogP contribution in [-0.4, -0.2) is 36.9 Å². The van der Waals surface area contributed by atoms with Gasteiger partial charge in [-0.05, 0) is 61.4 Å². The van der Waals surface area contributed by atoms with Gasteiger partial charge in [-0.25, -0.2) is 4.79 Å². The standard InChI is InChI=1S/C23H20ClNO5/c1-13(22(27)16-3-5-20-15(9-16)7-8-25(20)14(2)26)30-23(28)18-10-17-11-19(24)4-6-21(17)29-12-18/h3-6,9-11,13H,7-8,12H2,1-2H3. The molecule has 0 saturated heterocycles. The predicted molar refractivity (Wildman–Crippen MR) is 113 cm³/mol. The highest BCUT2D eigenvalue weighted by molar-refractivity contribution is 6.30. The lowest BCUT2D eigenvalue weighted by Gasteiger charge is -2.19. The SMILES string of the molecule is CC(=O)N1CCc2cc(C(=O)C(C)OC(=O)C3=Cc4cc(Cl)ccc4OC3)ccc21. The maximum absolute atomic E-state index is 12.8. The van der Waals surface area contributed by atoms with Gasteiger partial charge >= 0.3 is 5.97 Å². The second kappa shape index (κ2) is 7.95. The lowest BCUT2D eigenvalue weighted by atomic mass is 10.0. The molecule has 30 heavy (non-hydrogen) atoms. The molecule has 4 rings (SSSR count). The third-order valence-corrected chi connectivity index (χ3v) is 5.47. The van der Waals surface area contributed by atoms with Crippen LogP contribution in [0.5, 0.6) is 5.75 Å². The Morgan fingerprint density at radius 3 is 2.73 bits per heavy atom. The maximum Gasteiger partial charge on any atom is 0.338 e. The van der Waals surface area contributed by atoms with E-state index in [1.807, 2.05) is 0 Å². The zero-order valence-corrected chi connectivity index (χ0v) is 17.4. The van der Waals surface area contributed by atoms with Crippen molar-refractivity contribution in [3.05, 3.63) is 63.7 Å². The second-order valence-electron chi connectivity index (χ2n) is 7.32. The van der Waals surface area contributed by atoms with Gasteiger partial charge in [0, 0.05) is 35.3 Å². The molecule has 1 unspecified atom stereocenters. The van der Waals surface area contributed by atoms with Crippen molar-refractivity contribution in [2.75, 3.05) is 18.1 Å². The van der Waals surface area contributed by atoms with Gasteiger partial charge in [0.2, 0.25) is 11.7 Å². The van der Waals surface area contributed by atoms with E-state index in [0.29, 0.717) is 40.4 Å². The van der Waals surface area contributed by atoms with Gasteiger partial charge in [-0.15, -0.1) is 0 Å². The normalized spacial score (nSPS) is 15.4. The van der Waals surface area contributed by atoms with Gasteiger partial charge in [-0.3, -0.25) is 9.59 Å². The Kier molecular flexibility index (Phi) is 5.35. The summed E-state index contributed by atoms with van der Waals surface area (Å²) in [5.41, 5.74) is 3.21. The van der Waals surface area contributed by atoms with Gasteiger partial charge in [-0.1, -0.05) is 11.6 Å². The van der Waals surface area contributed by atoms with Crippen LogP contribution < -0.4 is 9.64 Å². The zero-order chi connectivity index (χ0) is 21.4. The number of hydrogen-bond donors (Lipinski definition) is 0. The van der Waals surface area contributed by atoms with E-state index in [9.17, 15) is 14.4 Å². The third-order valence-electron chi connectivity index (χ3n) is 5.24. The summed E-state index contributed by atoms with van der Waals surface area (Å²) in [6, 6.07) is 10.4. The van der Waals surface area contributed by atoms with Crippen molar-refractivity contribution >= 4 is 41.0 Å². The van der Waals surface area contributed by atoms with Crippen molar-refractivity contribution in [2.45, 2.75) is 26.4 Å². The highest BCUT2D eigenvalue weighted by Crippen LogP contribution is 2.31. The van der Waals surface area contributed by atoms with Crippen LogP contribution in [0.15, 0.2) is 42.0 Å². The number of nitrogens with zero attached hydrogens (tertiary/aromatic N) is 1. The molecular formula is C23H20ClNO5. The number of esters is 1. The molecule has 6 nitrogen and oxygen atoms in total. The van der Waals surface area contributed by atoms with Gasteiger partial charge in [0.1, 0.15) is 12.4 Å². The maximum atomic E-state index is 12.8. The summed E-state index contributed by atoms with van der Waals surface area (Å²) < 4.78 is 11.0. The van der Waals surface area contributed by atoms with Crippen molar-refractivity contribution in [2.24, 2.45) is 0 Å². The Morgan fingerprint density at radius 1 is 1.17 bits per heavy atom. The zero-order valence-electron chi connectivity index (χ0n) is 16.6. The molecule has 0 fully saturated rings. The first-order valence-corrected chi connectivity index (χ1v) is 10.0. The van der Waals surface area contributed by atoms with Gasteiger partial charge in [-0.2, -0.15) is 0 Å². The van der Waals surface area contributed by atoms with E-state index >= 15 is 0 Å². The van der Waals surface area contributed by atoms with E-state index in [1.54, 1.807) is 54.3 Å². The van der Waals surface area contributed by atoms with E-state index in [0.717, 1.165) is 11.3 Å². The molecule has 0 spiro atoms. The largest absolute Gasteiger partial charge is 0.488 e. The van der Waals surface area contributed by atoms with Crippen LogP contribution in [0.3, 0.4) is 0 Å². The number of fused-ring (bicyclic) bond motifs is 2. The second-order valence-corrected chi connectivity index (χ2v) is 7.75. The first-order chi connectivity index (χ1) is 14.3. The van der Waals surface area contributed by atoms with Crippen LogP contribution in [0.2, 0.25) is 5.02 Å². The Balaban J connectivity index is 1.47. The first-order valence-electron chi connectivity index (χ1n) is 9.62. The van der Waals surface area contributed by atoms with E-state index in [1.165, 1.54) is 6.92 Å². The summed E-state index contributed by atoms with van der Waals surface area (Å²) >= 11 is 6.00. The molecule has 2 aliphatic rings. The summed E-state index contributed by atoms with van der Waals surface area (Å²) in [4.78, 5) is 38.7. The molecule has 0 N–H and O–H groups in total. The molecule has 2 aliphatic heterocycles. The van der Waals surface area contributed by atoms with Crippen molar-refractivity contribution < 1.29 is 23.9 Å². The van der Waals surface area contributed by atoms with E-state index in [4.69, 9.17) is 21.1 Å². The predicted octanol–water partition coefficient (Wildman–Crippen LogP) is 3.84. The van der Waals surface area contributed by atoms with Crippen LogP contribution in [0.4, 0.5) is 5.69 Å². The number of halogens is 1. The number of carbonyl (C=O) groups excluding carboxylic acids is 3. The van der Waals surface area contributed by atoms with Crippen molar-refractivity contribution in [1.82, 2.24) is 0 Å². The average Bonchev–Trinajstić information content (AvgIpc) is 3.16. The number of ketones is 1. The van der Waals surface area contributed by atoms with E-state index in [-0.39, 0.29) is 18.3 Å². The number of amides is 1. The van der Waals surface area contributed by atoms with Crippen LogP contribution in [0.25, 0.3) is 6.08 Å². The monoisotopic (exact) mass is 425 g/mol. The molecule has 1 atom stereocenters. The van der Waals surface area contributed by atoms with Crippen molar-refractivity contribution in [1.29, 1.82) is 0 Å². The number of benzene rings is 2. The molecule has 2 aromatic carbocycles. The summed E-state index contributed by atoms with van der Waals surface area (Å²) in [6.07, 6.45) is 1.40. The quantitative estimate of drug-likeness (QED) is 0.549. The molecule has 2 heterocycles. The first kappa shape index (κ1) is 20.2. The number of hydrogen-bond acceptors (Lipinski definition) is 5. The van der Waals surface area contributed by atoms with Crippen LogP contribution in [0, 0.1) is 0 Å². The highest BCUT2D eigenvalue weighted by Gasteiger charge is 2.27. The minimum absolute atomic E-state index is 0.0269.